The quantitative estimate of drug-likeness (QED) is 0.357. The predicted octanol–water partition coefficient (Wildman–Crippen LogP) is 5.03. The minimum absolute atomic E-state index is 0.226. The summed E-state index contributed by atoms with van der Waals surface area (Å²) in [5.74, 6) is 1.77. The number of hydrogen-bond acceptors (Lipinski definition) is 6. The normalized spacial score (nSPS) is 10.6. The van der Waals surface area contributed by atoms with E-state index in [0.717, 1.165) is 10.9 Å². The molecule has 0 bridgehead atoms. The number of para-hydroxylation sites is 1. The standard InChI is InChI=1S/C25H24N4O5/c1-2-32-15-13-27-24(30)29-14-11-18-16-20(8-9-22(18)29)33-21-10-12-26-23(17-21)28-25(31)34-19-6-4-3-5-7-19/h3-12,14,16-17H,2,13,15H2,1H3,(H,27,30)(H,26,28,31). The first kappa shape index (κ1) is 22.8. The summed E-state index contributed by atoms with van der Waals surface area (Å²) in [6.45, 7) is 3.42. The molecule has 34 heavy (non-hydrogen) atoms. The number of amides is 2. The number of nitrogens with one attached hydrogen (secondary N) is 2. The summed E-state index contributed by atoms with van der Waals surface area (Å²) in [6.07, 6.45) is 2.57. The van der Waals surface area contributed by atoms with Crippen LogP contribution in [0.15, 0.2) is 79.1 Å². The van der Waals surface area contributed by atoms with E-state index in [0.29, 0.717) is 37.0 Å². The molecule has 9 heteroatoms. The predicted molar refractivity (Wildman–Crippen MR) is 128 cm³/mol. The Morgan fingerprint density at radius 3 is 2.62 bits per heavy atom. The first-order chi connectivity index (χ1) is 16.6. The molecule has 2 heterocycles. The fourth-order valence-corrected chi connectivity index (χ4v) is 3.23. The zero-order chi connectivity index (χ0) is 23.8. The van der Waals surface area contributed by atoms with Crippen molar-refractivity contribution in [2.45, 2.75) is 6.92 Å². The maximum Gasteiger partial charge on any atom is 0.418 e. The van der Waals surface area contributed by atoms with E-state index in [1.54, 1.807) is 48.7 Å². The number of rotatable bonds is 8. The van der Waals surface area contributed by atoms with Gasteiger partial charge in [-0.05, 0) is 49.4 Å². The number of fused-ring (bicyclic) bond motifs is 1. The van der Waals surface area contributed by atoms with E-state index >= 15 is 0 Å². The lowest BCUT2D eigenvalue weighted by molar-refractivity contribution is 0.149. The second kappa shape index (κ2) is 11.0. The van der Waals surface area contributed by atoms with Crippen LogP contribution >= 0.6 is 0 Å². The van der Waals surface area contributed by atoms with Crippen molar-refractivity contribution in [1.29, 1.82) is 0 Å². The molecule has 0 fully saturated rings. The van der Waals surface area contributed by atoms with Gasteiger partial charge in [-0.1, -0.05) is 18.2 Å². The maximum atomic E-state index is 12.4. The topological polar surface area (TPSA) is 104 Å². The molecule has 174 valence electrons. The van der Waals surface area contributed by atoms with Gasteiger partial charge in [0, 0.05) is 37.0 Å². The van der Waals surface area contributed by atoms with Gasteiger partial charge in [-0.3, -0.25) is 9.88 Å². The highest BCUT2D eigenvalue weighted by Gasteiger charge is 2.11. The Hall–Kier alpha value is -4.37. The Labute approximate surface area is 196 Å². The second-order valence-corrected chi connectivity index (χ2v) is 7.14. The van der Waals surface area contributed by atoms with Crippen molar-refractivity contribution in [1.82, 2.24) is 14.9 Å². The van der Waals surface area contributed by atoms with Gasteiger partial charge in [-0.25, -0.2) is 14.6 Å². The Morgan fingerprint density at radius 1 is 0.971 bits per heavy atom. The van der Waals surface area contributed by atoms with Crippen molar-refractivity contribution in [3.8, 4) is 17.2 Å². The lowest BCUT2D eigenvalue weighted by Gasteiger charge is -2.10. The summed E-state index contributed by atoms with van der Waals surface area (Å²) >= 11 is 0. The van der Waals surface area contributed by atoms with E-state index in [1.165, 1.54) is 10.8 Å². The number of aromatic nitrogens is 2. The highest BCUT2D eigenvalue weighted by atomic mass is 16.6. The number of carbonyl (C=O) groups excluding carboxylic acids is 2. The van der Waals surface area contributed by atoms with Crippen LogP contribution in [-0.4, -0.2) is 41.4 Å². The van der Waals surface area contributed by atoms with Gasteiger partial charge in [0.15, 0.2) is 0 Å². The zero-order valence-electron chi connectivity index (χ0n) is 18.6. The molecule has 0 aliphatic rings. The van der Waals surface area contributed by atoms with Crippen LogP contribution in [-0.2, 0) is 4.74 Å². The van der Waals surface area contributed by atoms with Crippen LogP contribution in [0, 0.1) is 0 Å². The molecule has 2 N–H and O–H groups in total. The average molecular weight is 460 g/mol. The van der Waals surface area contributed by atoms with Crippen molar-refractivity contribution in [2.75, 3.05) is 25.1 Å². The molecule has 0 saturated heterocycles. The minimum atomic E-state index is -0.654. The molecule has 0 aliphatic heterocycles. The Morgan fingerprint density at radius 2 is 1.79 bits per heavy atom. The molecule has 4 aromatic rings. The summed E-state index contributed by atoms with van der Waals surface area (Å²) in [4.78, 5) is 28.6. The molecule has 0 atom stereocenters. The monoisotopic (exact) mass is 460 g/mol. The lowest BCUT2D eigenvalue weighted by Crippen LogP contribution is -2.30. The van der Waals surface area contributed by atoms with Crippen LogP contribution in [0.2, 0.25) is 0 Å². The van der Waals surface area contributed by atoms with Gasteiger partial charge in [-0.15, -0.1) is 0 Å². The van der Waals surface area contributed by atoms with Crippen molar-refractivity contribution >= 4 is 28.8 Å². The summed E-state index contributed by atoms with van der Waals surface area (Å²) in [5, 5.41) is 6.24. The van der Waals surface area contributed by atoms with E-state index in [9.17, 15) is 9.59 Å². The first-order valence-corrected chi connectivity index (χ1v) is 10.8. The smallest absolute Gasteiger partial charge is 0.418 e. The summed E-state index contributed by atoms with van der Waals surface area (Å²) in [6, 6.07) is 19.0. The van der Waals surface area contributed by atoms with Gasteiger partial charge in [0.2, 0.25) is 0 Å². The number of anilines is 1. The van der Waals surface area contributed by atoms with E-state index < -0.39 is 6.09 Å². The number of ether oxygens (including phenoxy) is 3. The largest absolute Gasteiger partial charge is 0.457 e. The Balaban J connectivity index is 1.39. The molecule has 0 saturated carbocycles. The lowest BCUT2D eigenvalue weighted by atomic mass is 10.2. The molecule has 2 aromatic carbocycles. The fourth-order valence-electron chi connectivity index (χ4n) is 3.23. The molecule has 2 aromatic heterocycles. The fraction of sp³-hybridized carbons (Fsp3) is 0.160. The van der Waals surface area contributed by atoms with Crippen molar-refractivity contribution in [2.24, 2.45) is 0 Å². The van der Waals surface area contributed by atoms with Crippen molar-refractivity contribution < 1.29 is 23.8 Å². The van der Waals surface area contributed by atoms with E-state index in [-0.39, 0.29) is 11.8 Å². The van der Waals surface area contributed by atoms with Gasteiger partial charge in [0.25, 0.3) is 0 Å². The molecule has 0 aliphatic carbocycles. The summed E-state index contributed by atoms with van der Waals surface area (Å²) < 4.78 is 17.9. The van der Waals surface area contributed by atoms with Crippen LogP contribution < -0.4 is 20.1 Å². The van der Waals surface area contributed by atoms with Crippen LogP contribution in [0.4, 0.5) is 15.4 Å². The van der Waals surface area contributed by atoms with Gasteiger partial charge in [0.05, 0.1) is 12.1 Å². The van der Waals surface area contributed by atoms with Gasteiger partial charge < -0.3 is 19.5 Å². The molecule has 4 rings (SSSR count). The van der Waals surface area contributed by atoms with Crippen molar-refractivity contribution in [3.05, 3.63) is 79.1 Å². The van der Waals surface area contributed by atoms with Gasteiger partial charge in [0.1, 0.15) is 23.1 Å². The van der Waals surface area contributed by atoms with Gasteiger partial charge >= 0.3 is 12.1 Å². The second-order valence-electron chi connectivity index (χ2n) is 7.14. The summed E-state index contributed by atoms with van der Waals surface area (Å²) in [5.41, 5.74) is 0.752. The zero-order valence-corrected chi connectivity index (χ0v) is 18.6. The molecule has 2 amide bonds. The first-order valence-electron chi connectivity index (χ1n) is 10.8. The molecule has 0 unspecified atom stereocenters. The van der Waals surface area contributed by atoms with Crippen LogP contribution in [0.3, 0.4) is 0 Å². The Bertz CT molecular complexity index is 1270. The third-order valence-electron chi connectivity index (χ3n) is 4.76. The average Bonchev–Trinajstić information content (AvgIpc) is 3.26. The van der Waals surface area contributed by atoms with Crippen LogP contribution in [0.1, 0.15) is 6.92 Å². The van der Waals surface area contributed by atoms with Crippen LogP contribution in [0.25, 0.3) is 10.9 Å². The van der Waals surface area contributed by atoms with Crippen molar-refractivity contribution in [3.63, 3.8) is 0 Å². The number of hydrogen-bond donors (Lipinski definition) is 2. The molecule has 9 nitrogen and oxygen atoms in total. The molecule has 0 spiro atoms. The van der Waals surface area contributed by atoms with Gasteiger partial charge in [-0.2, -0.15) is 0 Å². The van der Waals surface area contributed by atoms with E-state index in [4.69, 9.17) is 14.2 Å². The molecule has 0 radical (unpaired) electrons. The van der Waals surface area contributed by atoms with E-state index in [2.05, 4.69) is 15.6 Å². The molecular formula is C25H24N4O5. The third kappa shape index (κ3) is 5.90. The SMILES string of the molecule is CCOCCNC(=O)n1ccc2cc(Oc3ccnc(NC(=O)Oc4ccccc4)c3)ccc21. The third-order valence-corrected chi connectivity index (χ3v) is 4.76. The van der Waals surface area contributed by atoms with Crippen LogP contribution in [0.5, 0.6) is 17.2 Å². The minimum Gasteiger partial charge on any atom is -0.457 e. The summed E-state index contributed by atoms with van der Waals surface area (Å²) in [7, 11) is 0. The highest BCUT2D eigenvalue weighted by Crippen LogP contribution is 2.27. The highest BCUT2D eigenvalue weighted by molar-refractivity contribution is 5.92. The Kier molecular flexibility index (Phi) is 7.36. The number of benzene rings is 2. The van der Waals surface area contributed by atoms with E-state index in [1.807, 2.05) is 31.2 Å². The molecular weight excluding hydrogens is 436 g/mol. The maximum absolute atomic E-state index is 12.4. The number of nitrogens with zero attached hydrogens (tertiary/aromatic N) is 2. The number of pyridine rings is 1. The number of carbonyl (C=O) groups is 2.